The van der Waals surface area contributed by atoms with Gasteiger partial charge in [-0.3, -0.25) is 4.90 Å². The molecule has 2 unspecified atom stereocenters. The van der Waals surface area contributed by atoms with Crippen LogP contribution < -0.4 is 4.74 Å². The van der Waals surface area contributed by atoms with Gasteiger partial charge in [0.2, 0.25) is 0 Å². The summed E-state index contributed by atoms with van der Waals surface area (Å²) in [7, 11) is 2.15. The van der Waals surface area contributed by atoms with Crippen LogP contribution in [0.4, 0.5) is 0 Å². The normalized spacial score (nSPS) is 22.7. The molecule has 1 saturated heterocycles. The molecule has 1 fully saturated rings. The summed E-state index contributed by atoms with van der Waals surface area (Å²) in [4.78, 5) is 4.70. The van der Waals surface area contributed by atoms with Gasteiger partial charge in [0.15, 0.2) is 0 Å². The second-order valence-corrected chi connectivity index (χ2v) is 5.62. The van der Waals surface area contributed by atoms with Crippen LogP contribution in [0.5, 0.6) is 5.75 Å². The van der Waals surface area contributed by atoms with E-state index >= 15 is 0 Å². The third kappa shape index (κ3) is 3.95. The number of aliphatic hydroxyl groups excluding tert-OH is 1. The highest BCUT2D eigenvalue weighted by Crippen LogP contribution is 2.20. The Hall–Kier alpha value is -1.10. The molecular weight excluding hydrogens is 252 g/mol. The summed E-state index contributed by atoms with van der Waals surface area (Å²) in [6.07, 6.45) is -0.434. The predicted molar refractivity (Wildman–Crippen MR) is 81.1 cm³/mol. The van der Waals surface area contributed by atoms with Gasteiger partial charge in [-0.15, -0.1) is 0 Å². The molecule has 0 aromatic heterocycles. The Morgan fingerprint density at radius 1 is 1.30 bits per heavy atom. The van der Waals surface area contributed by atoms with Crippen LogP contribution in [-0.4, -0.2) is 60.8 Å². The molecule has 0 amide bonds. The van der Waals surface area contributed by atoms with Gasteiger partial charge in [-0.1, -0.05) is 12.1 Å². The first kappa shape index (κ1) is 15.3. The molecule has 0 spiro atoms. The van der Waals surface area contributed by atoms with E-state index in [1.54, 1.807) is 0 Å². The number of hydrogen-bond donors (Lipinski definition) is 1. The van der Waals surface area contributed by atoms with E-state index in [1.807, 2.05) is 31.2 Å². The third-order valence-electron chi connectivity index (χ3n) is 3.95. The van der Waals surface area contributed by atoms with Gasteiger partial charge in [0.05, 0.1) is 12.7 Å². The molecule has 0 saturated carbocycles. The topological polar surface area (TPSA) is 35.9 Å². The molecule has 0 bridgehead atoms. The van der Waals surface area contributed by atoms with Gasteiger partial charge in [0.25, 0.3) is 0 Å². The molecule has 2 atom stereocenters. The number of aliphatic hydroxyl groups is 1. The van der Waals surface area contributed by atoms with Gasteiger partial charge in [0, 0.05) is 32.2 Å². The van der Waals surface area contributed by atoms with Crippen LogP contribution >= 0.6 is 0 Å². The van der Waals surface area contributed by atoms with Crippen molar-refractivity contribution in [2.24, 2.45) is 0 Å². The van der Waals surface area contributed by atoms with E-state index in [0.717, 1.165) is 30.9 Å². The van der Waals surface area contributed by atoms with Crippen LogP contribution in [0.15, 0.2) is 24.3 Å². The van der Waals surface area contributed by atoms with E-state index in [4.69, 9.17) is 4.74 Å². The van der Waals surface area contributed by atoms with E-state index in [2.05, 4.69) is 23.8 Å². The number of piperazine rings is 1. The standard InChI is InChI=1S/C16H26N2O2/c1-4-20-15-7-5-14(6-8-15)16(19)12-18-10-9-17(3)11-13(18)2/h5-8,13,16,19H,4,9-12H2,1-3H3. The van der Waals surface area contributed by atoms with E-state index in [1.165, 1.54) is 0 Å². The maximum Gasteiger partial charge on any atom is 0.119 e. The molecule has 0 radical (unpaired) electrons. The van der Waals surface area contributed by atoms with Crippen molar-refractivity contribution >= 4 is 0 Å². The fourth-order valence-corrected chi connectivity index (χ4v) is 2.73. The minimum atomic E-state index is -0.434. The molecule has 4 heteroatoms. The molecule has 1 N–H and O–H groups in total. The number of hydrogen-bond acceptors (Lipinski definition) is 4. The Morgan fingerprint density at radius 2 is 2.00 bits per heavy atom. The van der Waals surface area contributed by atoms with Crippen molar-refractivity contribution in [3.63, 3.8) is 0 Å². The lowest BCUT2D eigenvalue weighted by atomic mass is 10.1. The fourth-order valence-electron chi connectivity index (χ4n) is 2.73. The van der Waals surface area contributed by atoms with Crippen molar-refractivity contribution in [3.05, 3.63) is 29.8 Å². The summed E-state index contributed by atoms with van der Waals surface area (Å²) in [5.41, 5.74) is 0.958. The zero-order valence-corrected chi connectivity index (χ0v) is 12.7. The van der Waals surface area contributed by atoms with Crippen molar-refractivity contribution < 1.29 is 9.84 Å². The van der Waals surface area contributed by atoms with Crippen molar-refractivity contribution in [2.75, 3.05) is 39.8 Å². The van der Waals surface area contributed by atoms with Crippen molar-refractivity contribution in [1.29, 1.82) is 0 Å². The van der Waals surface area contributed by atoms with Crippen LogP contribution in [0.3, 0.4) is 0 Å². The number of β-amino-alcohol motifs (C(OH)–C–C–N with tert-alkyl or cyclic N) is 1. The first-order chi connectivity index (χ1) is 9.60. The van der Waals surface area contributed by atoms with Gasteiger partial charge in [-0.2, -0.15) is 0 Å². The Bertz CT molecular complexity index is 407. The van der Waals surface area contributed by atoms with E-state index < -0.39 is 6.10 Å². The molecular formula is C16H26N2O2. The predicted octanol–water partition coefficient (Wildman–Crippen LogP) is 1.75. The van der Waals surface area contributed by atoms with Gasteiger partial charge >= 0.3 is 0 Å². The SMILES string of the molecule is CCOc1ccc(C(O)CN2CCN(C)CC2C)cc1. The molecule has 1 aromatic rings. The number of likely N-dealkylation sites (N-methyl/N-ethyl adjacent to an activating group) is 1. The van der Waals surface area contributed by atoms with Gasteiger partial charge < -0.3 is 14.7 Å². The maximum atomic E-state index is 10.4. The summed E-state index contributed by atoms with van der Waals surface area (Å²) < 4.78 is 5.42. The lowest BCUT2D eigenvalue weighted by Crippen LogP contribution is -2.51. The van der Waals surface area contributed by atoms with Crippen LogP contribution in [-0.2, 0) is 0 Å². The average Bonchev–Trinajstić information content (AvgIpc) is 2.43. The highest BCUT2D eigenvalue weighted by Gasteiger charge is 2.23. The lowest BCUT2D eigenvalue weighted by molar-refractivity contribution is 0.0474. The summed E-state index contributed by atoms with van der Waals surface area (Å²) >= 11 is 0. The average molecular weight is 278 g/mol. The monoisotopic (exact) mass is 278 g/mol. The molecule has 20 heavy (non-hydrogen) atoms. The molecule has 1 aliphatic rings. The van der Waals surface area contributed by atoms with Crippen LogP contribution in [0, 0.1) is 0 Å². The molecule has 112 valence electrons. The Balaban J connectivity index is 1.92. The lowest BCUT2D eigenvalue weighted by Gasteiger charge is -2.39. The highest BCUT2D eigenvalue weighted by molar-refractivity contribution is 5.28. The molecule has 1 aromatic carbocycles. The second-order valence-electron chi connectivity index (χ2n) is 5.62. The van der Waals surface area contributed by atoms with Crippen molar-refractivity contribution in [1.82, 2.24) is 9.80 Å². The minimum Gasteiger partial charge on any atom is -0.494 e. The number of ether oxygens (including phenoxy) is 1. The van der Waals surface area contributed by atoms with Gasteiger partial charge in [-0.25, -0.2) is 0 Å². The molecule has 4 nitrogen and oxygen atoms in total. The van der Waals surface area contributed by atoms with Gasteiger partial charge in [0.1, 0.15) is 5.75 Å². The minimum absolute atomic E-state index is 0.434. The van der Waals surface area contributed by atoms with Crippen molar-refractivity contribution in [2.45, 2.75) is 26.0 Å². The Morgan fingerprint density at radius 3 is 2.60 bits per heavy atom. The zero-order valence-electron chi connectivity index (χ0n) is 12.7. The first-order valence-corrected chi connectivity index (χ1v) is 7.43. The zero-order chi connectivity index (χ0) is 14.5. The summed E-state index contributed by atoms with van der Waals surface area (Å²) in [6, 6.07) is 8.25. The summed E-state index contributed by atoms with van der Waals surface area (Å²) in [5.74, 6) is 0.858. The van der Waals surface area contributed by atoms with E-state index in [-0.39, 0.29) is 0 Å². The molecule has 0 aliphatic carbocycles. The highest BCUT2D eigenvalue weighted by atomic mass is 16.5. The van der Waals surface area contributed by atoms with E-state index in [9.17, 15) is 5.11 Å². The third-order valence-corrected chi connectivity index (χ3v) is 3.95. The number of rotatable bonds is 5. The Kier molecular flexibility index (Phi) is 5.40. The van der Waals surface area contributed by atoms with Crippen molar-refractivity contribution in [3.8, 4) is 5.75 Å². The number of benzene rings is 1. The van der Waals surface area contributed by atoms with E-state index in [0.29, 0.717) is 19.2 Å². The second kappa shape index (κ2) is 7.07. The smallest absolute Gasteiger partial charge is 0.119 e. The summed E-state index contributed by atoms with van der Waals surface area (Å²) in [5, 5.41) is 10.4. The van der Waals surface area contributed by atoms with Crippen LogP contribution in [0.1, 0.15) is 25.5 Å². The molecule has 2 rings (SSSR count). The maximum absolute atomic E-state index is 10.4. The number of nitrogens with zero attached hydrogens (tertiary/aromatic N) is 2. The molecule has 1 aliphatic heterocycles. The van der Waals surface area contributed by atoms with Gasteiger partial charge in [-0.05, 0) is 38.6 Å². The van der Waals surface area contributed by atoms with Crippen LogP contribution in [0.25, 0.3) is 0 Å². The summed E-state index contributed by atoms with van der Waals surface area (Å²) in [6.45, 7) is 8.71. The largest absolute Gasteiger partial charge is 0.494 e. The molecule has 1 heterocycles. The quantitative estimate of drug-likeness (QED) is 0.890. The Labute approximate surface area is 122 Å². The first-order valence-electron chi connectivity index (χ1n) is 7.43. The van der Waals surface area contributed by atoms with Crippen LogP contribution in [0.2, 0.25) is 0 Å². The fraction of sp³-hybridized carbons (Fsp3) is 0.625.